The normalized spacial score (nSPS) is 11.9. The highest BCUT2D eigenvalue weighted by atomic mass is 32.2. The topological polar surface area (TPSA) is 96.0 Å². The SMILES string of the molecule is CCCNC(=O)C(C)N(Cc1ccc(OC)cc1)C(=O)CN(c1ccc(F)cc1)S(=O)(=O)c1ccc(C)cc1. The number of ether oxygens (including phenoxy) is 1. The molecule has 1 unspecified atom stereocenters. The van der Waals surface area contributed by atoms with Gasteiger partial charge in [0.15, 0.2) is 0 Å². The monoisotopic (exact) mass is 555 g/mol. The number of methoxy groups -OCH3 is 1. The maximum absolute atomic E-state index is 13.8. The van der Waals surface area contributed by atoms with Gasteiger partial charge >= 0.3 is 0 Å². The van der Waals surface area contributed by atoms with E-state index in [1.54, 1.807) is 50.4 Å². The molecule has 0 bridgehead atoms. The van der Waals surface area contributed by atoms with Crippen LogP contribution in [0.15, 0.2) is 77.7 Å². The van der Waals surface area contributed by atoms with Crippen molar-refractivity contribution in [1.82, 2.24) is 10.2 Å². The molecule has 0 saturated heterocycles. The van der Waals surface area contributed by atoms with Crippen LogP contribution in [0.2, 0.25) is 0 Å². The minimum Gasteiger partial charge on any atom is -0.497 e. The van der Waals surface area contributed by atoms with E-state index in [1.807, 2.05) is 13.8 Å². The smallest absolute Gasteiger partial charge is 0.264 e. The summed E-state index contributed by atoms with van der Waals surface area (Å²) in [5.41, 5.74) is 1.72. The first-order valence-corrected chi connectivity index (χ1v) is 14.1. The van der Waals surface area contributed by atoms with Gasteiger partial charge < -0.3 is 15.0 Å². The summed E-state index contributed by atoms with van der Waals surface area (Å²) < 4.78 is 47.3. The molecule has 10 heteroatoms. The van der Waals surface area contributed by atoms with Crippen LogP contribution >= 0.6 is 0 Å². The van der Waals surface area contributed by atoms with Gasteiger partial charge in [-0.05, 0) is 74.4 Å². The Kier molecular flexibility index (Phi) is 10.1. The number of nitrogens with one attached hydrogen (secondary N) is 1. The fraction of sp³-hybridized carbons (Fsp3) is 0.310. The maximum atomic E-state index is 13.8. The maximum Gasteiger partial charge on any atom is 0.264 e. The Balaban J connectivity index is 2.00. The summed E-state index contributed by atoms with van der Waals surface area (Å²) in [6, 6.07) is 17.3. The highest BCUT2D eigenvalue weighted by molar-refractivity contribution is 7.92. The quantitative estimate of drug-likeness (QED) is 0.360. The van der Waals surface area contributed by atoms with E-state index in [2.05, 4.69) is 5.32 Å². The van der Waals surface area contributed by atoms with Crippen molar-refractivity contribution in [2.45, 2.75) is 44.7 Å². The van der Waals surface area contributed by atoms with E-state index in [-0.39, 0.29) is 23.0 Å². The third-order valence-corrected chi connectivity index (χ3v) is 8.02. The first-order valence-electron chi connectivity index (χ1n) is 12.6. The van der Waals surface area contributed by atoms with Gasteiger partial charge in [-0.3, -0.25) is 13.9 Å². The molecular formula is C29H34FN3O5S. The Hall–Kier alpha value is -3.92. The Labute approximate surface area is 229 Å². The van der Waals surface area contributed by atoms with Gasteiger partial charge in [-0.2, -0.15) is 0 Å². The lowest BCUT2D eigenvalue weighted by atomic mass is 10.1. The molecule has 0 spiro atoms. The summed E-state index contributed by atoms with van der Waals surface area (Å²) in [4.78, 5) is 28.0. The zero-order valence-electron chi connectivity index (χ0n) is 22.6. The summed E-state index contributed by atoms with van der Waals surface area (Å²) in [6.07, 6.45) is 0.720. The minimum absolute atomic E-state index is 0.0133. The molecule has 2 amide bonds. The summed E-state index contributed by atoms with van der Waals surface area (Å²) in [6.45, 7) is 5.26. The van der Waals surface area contributed by atoms with Crippen LogP contribution in [0.25, 0.3) is 0 Å². The van der Waals surface area contributed by atoms with Gasteiger partial charge in [-0.25, -0.2) is 12.8 Å². The van der Waals surface area contributed by atoms with E-state index in [0.717, 1.165) is 34.0 Å². The molecule has 0 aromatic heterocycles. The van der Waals surface area contributed by atoms with E-state index in [1.165, 1.54) is 29.2 Å². The van der Waals surface area contributed by atoms with Gasteiger partial charge in [-0.15, -0.1) is 0 Å². The number of carbonyl (C=O) groups excluding carboxylic acids is 2. The predicted molar refractivity (Wildman–Crippen MR) is 148 cm³/mol. The molecule has 0 aliphatic rings. The molecule has 1 N–H and O–H groups in total. The van der Waals surface area contributed by atoms with E-state index in [4.69, 9.17) is 4.74 Å². The second-order valence-corrected chi connectivity index (χ2v) is 11.0. The van der Waals surface area contributed by atoms with Crippen molar-refractivity contribution in [1.29, 1.82) is 0 Å². The Morgan fingerprint density at radius 1 is 0.974 bits per heavy atom. The van der Waals surface area contributed by atoms with E-state index < -0.39 is 34.3 Å². The number of sulfonamides is 1. The summed E-state index contributed by atoms with van der Waals surface area (Å²) in [7, 11) is -2.66. The molecule has 0 radical (unpaired) electrons. The van der Waals surface area contributed by atoms with Gasteiger partial charge in [0.2, 0.25) is 11.8 Å². The predicted octanol–water partition coefficient (Wildman–Crippen LogP) is 4.28. The first kappa shape index (κ1) is 29.6. The third-order valence-electron chi connectivity index (χ3n) is 6.23. The van der Waals surface area contributed by atoms with E-state index >= 15 is 0 Å². The minimum atomic E-state index is -4.21. The van der Waals surface area contributed by atoms with Crippen LogP contribution in [0.4, 0.5) is 10.1 Å². The number of hydrogen-bond donors (Lipinski definition) is 1. The summed E-state index contributed by atoms with van der Waals surface area (Å²) in [5.74, 6) is -0.851. The fourth-order valence-corrected chi connectivity index (χ4v) is 5.29. The van der Waals surface area contributed by atoms with Crippen molar-refractivity contribution in [3.8, 4) is 5.75 Å². The number of rotatable bonds is 12. The van der Waals surface area contributed by atoms with Crippen LogP contribution < -0.4 is 14.4 Å². The van der Waals surface area contributed by atoms with Crippen LogP contribution in [0.1, 0.15) is 31.4 Å². The van der Waals surface area contributed by atoms with Crippen LogP contribution in [0.5, 0.6) is 5.75 Å². The number of benzene rings is 3. The molecule has 0 saturated carbocycles. The third kappa shape index (κ3) is 7.57. The van der Waals surface area contributed by atoms with Crippen LogP contribution in [0, 0.1) is 12.7 Å². The lowest BCUT2D eigenvalue weighted by molar-refractivity contribution is -0.139. The van der Waals surface area contributed by atoms with Crippen LogP contribution in [-0.4, -0.2) is 51.4 Å². The standard InChI is InChI=1S/C29H34FN3O5S/c1-5-18-31-29(35)22(3)32(19-23-8-14-26(38-4)15-9-23)28(34)20-33(25-12-10-24(30)11-13-25)39(36,37)27-16-6-21(2)7-17-27/h6-17,22H,5,18-20H2,1-4H3,(H,31,35). The second-order valence-electron chi connectivity index (χ2n) is 9.14. The highest BCUT2D eigenvalue weighted by Gasteiger charge is 2.32. The summed E-state index contributed by atoms with van der Waals surface area (Å²) >= 11 is 0. The number of halogens is 1. The van der Waals surface area contributed by atoms with Crippen molar-refractivity contribution >= 4 is 27.5 Å². The molecule has 3 aromatic rings. The largest absolute Gasteiger partial charge is 0.497 e. The van der Waals surface area contributed by atoms with Crippen molar-refractivity contribution in [2.75, 3.05) is 24.5 Å². The van der Waals surface area contributed by atoms with E-state index in [9.17, 15) is 22.4 Å². The molecule has 3 rings (SSSR count). The zero-order chi connectivity index (χ0) is 28.6. The van der Waals surface area contributed by atoms with Gasteiger partial charge in [-0.1, -0.05) is 36.8 Å². The molecule has 8 nitrogen and oxygen atoms in total. The first-order chi connectivity index (χ1) is 18.6. The average molecular weight is 556 g/mol. The molecule has 1 atom stereocenters. The molecule has 39 heavy (non-hydrogen) atoms. The second kappa shape index (κ2) is 13.2. The van der Waals surface area contributed by atoms with Gasteiger partial charge in [0.1, 0.15) is 24.2 Å². The van der Waals surface area contributed by atoms with Gasteiger partial charge in [0.25, 0.3) is 10.0 Å². The fourth-order valence-electron chi connectivity index (χ4n) is 3.88. The molecule has 0 fully saturated rings. The van der Waals surface area contributed by atoms with Crippen LogP contribution in [-0.2, 0) is 26.2 Å². The number of nitrogens with zero attached hydrogens (tertiary/aromatic N) is 2. The molecule has 208 valence electrons. The lowest BCUT2D eigenvalue weighted by Gasteiger charge is -2.32. The highest BCUT2D eigenvalue weighted by Crippen LogP contribution is 2.25. The molecule has 0 aliphatic carbocycles. The Bertz CT molecular complexity index is 1360. The number of amides is 2. The van der Waals surface area contributed by atoms with Crippen molar-refractivity contribution < 1.29 is 27.1 Å². The Morgan fingerprint density at radius 2 is 1.59 bits per heavy atom. The van der Waals surface area contributed by atoms with Crippen molar-refractivity contribution in [3.63, 3.8) is 0 Å². The molecule has 0 aliphatic heterocycles. The zero-order valence-corrected chi connectivity index (χ0v) is 23.4. The number of anilines is 1. The van der Waals surface area contributed by atoms with Gasteiger partial charge in [0.05, 0.1) is 17.7 Å². The van der Waals surface area contributed by atoms with E-state index in [0.29, 0.717) is 12.3 Å². The lowest BCUT2D eigenvalue weighted by Crippen LogP contribution is -2.51. The summed E-state index contributed by atoms with van der Waals surface area (Å²) in [5, 5.41) is 2.80. The number of hydrogen-bond acceptors (Lipinski definition) is 5. The number of carbonyl (C=O) groups is 2. The molecule has 0 heterocycles. The molecular weight excluding hydrogens is 521 g/mol. The van der Waals surface area contributed by atoms with Crippen molar-refractivity contribution in [3.05, 3.63) is 89.7 Å². The molecule has 3 aromatic carbocycles. The Morgan fingerprint density at radius 3 is 2.15 bits per heavy atom. The number of aryl methyl sites for hydroxylation is 1. The van der Waals surface area contributed by atoms with Crippen molar-refractivity contribution in [2.24, 2.45) is 0 Å². The van der Waals surface area contributed by atoms with Crippen LogP contribution in [0.3, 0.4) is 0 Å². The van der Waals surface area contributed by atoms with Gasteiger partial charge in [0, 0.05) is 13.1 Å². The average Bonchev–Trinajstić information content (AvgIpc) is 2.93.